The molecule has 6 heteroatoms. The van der Waals surface area contributed by atoms with Gasteiger partial charge < -0.3 is 4.74 Å². The van der Waals surface area contributed by atoms with Gasteiger partial charge in [0.05, 0.1) is 11.5 Å². The van der Waals surface area contributed by atoms with Gasteiger partial charge in [0.15, 0.2) is 17.7 Å². The summed E-state index contributed by atoms with van der Waals surface area (Å²) in [6, 6.07) is 13.7. The molecule has 2 aliphatic heterocycles. The number of ether oxygens (including phenoxy) is 1. The average molecular weight is 440 g/mol. The Labute approximate surface area is 187 Å². The maximum Gasteiger partial charge on any atom is 0.179 e. The number of fused-ring (bicyclic) bond motifs is 2. The van der Waals surface area contributed by atoms with Gasteiger partial charge in [0, 0.05) is 25.3 Å². The number of aryl methyl sites for hydroxylation is 1. The minimum Gasteiger partial charge on any atom is -0.381 e. The Morgan fingerprint density at radius 3 is 2.39 bits per heavy atom. The molecule has 2 aromatic carbocycles. The zero-order chi connectivity index (χ0) is 21.8. The lowest BCUT2D eigenvalue weighted by Gasteiger charge is -2.40. The van der Waals surface area contributed by atoms with Gasteiger partial charge in [-0.1, -0.05) is 42.8 Å². The quantitative estimate of drug-likeness (QED) is 0.670. The highest BCUT2D eigenvalue weighted by Gasteiger charge is 2.66. The van der Waals surface area contributed by atoms with Crippen LogP contribution >= 0.6 is 11.6 Å². The molecule has 3 fully saturated rings. The summed E-state index contributed by atoms with van der Waals surface area (Å²) in [4.78, 5) is 33.3. The molecule has 0 radical (unpaired) electrons. The third kappa shape index (κ3) is 3.18. The summed E-state index contributed by atoms with van der Waals surface area (Å²) in [6.07, 6.45) is 1.44. The highest BCUT2D eigenvalue weighted by molar-refractivity contribution is 6.30. The van der Waals surface area contributed by atoms with Gasteiger partial charge in [-0.3, -0.25) is 14.4 Å². The summed E-state index contributed by atoms with van der Waals surface area (Å²) in [6.45, 7) is 3.21. The lowest BCUT2D eigenvalue weighted by molar-refractivity contribution is -0.189. The summed E-state index contributed by atoms with van der Waals surface area (Å²) in [5, 5.41) is 2.44. The van der Waals surface area contributed by atoms with E-state index in [-0.39, 0.29) is 11.6 Å². The smallest absolute Gasteiger partial charge is 0.179 e. The monoisotopic (exact) mass is 439 g/mol. The minimum absolute atomic E-state index is 0.00999. The topological polar surface area (TPSA) is 55.8 Å². The number of ketones is 2. The van der Waals surface area contributed by atoms with Gasteiger partial charge in [0.1, 0.15) is 5.92 Å². The molecule has 162 valence electrons. The van der Waals surface area contributed by atoms with Gasteiger partial charge in [-0.25, -0.2) is 0 Å². The van der Waals surface area contributed by atoms with E-state index in [1.54, 1.807) is 5.06 Å². The standard InChI is InChI=1S/C25H26ClNO4/c1-3-15-4-5-17(16-6-8-18(26)9-7-16)14-19(15)20-22(28)21-24(23(20)29)31-27(2)25(21)10-12-30-13-11-25/h4-9,14,20-21,24H,3,10-13H2,1-2H3. The van der Waals surface area contributed by atoms with E-state index in [0.29, 0.717) is 31.1 Å². The Kier molecular flexibility index (Phi) is 5.25. The molecule has 3 unspecified atom stereocenters. The van der Waals surface area contributed by atoms with Crippen LogP contribution in [0.3, 0.4) is 0 Å². The fourth-order valence-electron chi connectivity index (χ4n) is 5.59. The van der Waals surface area contributed by atoms with Crippen molar-refractivity contribution >= 4 is 23.2 Å². The van der Waals surface area contributed by atoms with Crippen molar-refractivity contribution in [3.05, 3.63) is 58.6 Å². The van der Waals surface area contributed by atoms with Crippen LogP contribution in [0.15, 0.2) is 42.5 Å². The first-order valence-electron chi connectivity index (χ1n) is 10.9. The number of hydroxylamine groups is 2. The van der Waals surface area contributed by atoms with Crippen molar-refractivity contribution in [1.82, 2.24) is 5.06 Å². The second-order valence-electron chi connectivity index (χ2n) is 8.73. The Hall–Kier alpha value is -2.05. The molecule has 31 heavy (non-hydrogen) atoms. The number of benzene rings is 2. The fourth-order valence-corrected chi connectivity index (χ4v) is 5.72. The SMILES string of the molecule is CCc1ccc(-c2ccc(Cl)cc2)cc1C1C(=O)C2ON(C)C3(CCOCC3)C2C1=O. The fraction of sp³-hybridized carbons (Fsp3) is 0.440. The van der Waals surface area contributed by atoms with Crippen molar-refractivity contribution < 1.29 is 19.2 Å². The molecule has 5 rings (SSSR count). The average Bonchev–Trinajstić information content (AvgIpc) is 3.20. The van der Waals surface area contributed by atoms with Crippen LogP contribution in [0.25, 0.3) is 11.1 Å². The van der Waals surface area contributed by atoms with E-state index in [9.17, 15) is 9.59 Å². The van der Waals surface area contributed by atoms with E-state index in [0.717, 1.165) is 28.7 Å². The van der Waals surface area contributed by atoms with Crippen LogP contribution < -0.4 is 0 Å². The molecular formula is C25H26ClNO4. The Balaban J connectivity index is 1.56. The van der Waals surface area contributed by atoms with Crippen LogP contribution in [0.2, 0.25) is 5.02 Å². The summed E-state index contributed by atoms with van der Waals surface area (Å²) in [7, 11) is 1.85. The predicted octanol–water partition coefficient (Wildman–Crippen LogP) is 4.22. The van der Waals surface area contributed by atoms with Gasteiger partial charge in [-0.05, 0) is 59.7 Å². The lowest BCUT2D eigenvalue weighted by atomic mass is 9.75. The van der Waals surface area contributed by atoms with Crippen molar-refractivity contribution in [2.75, 3.05) is 20.3 Å². The van der Waals surface area contributed by atoms with E-state index < -0.39 is 23.5 Å². The van der Waals surface area contributed by atoms with Crippen LogP contribution in [0.1, 0.15) is 36.8 Å². The van der Waals surface area contributed by atoms with Crippen molar-refractivity contribution in [3.8, 4) is 11.1 Å². The van der Waals surface area contributed by atoms with Gasteiger partial charge in [-0.2, -0.15) is 5.06 Å². The zero-order valence-corrected chi connectivity index (χ0v) is 18.5. The Bertz CT molecular complexity index is 1030. The first-order valence-corrected chi connectivity index (χ1v) is 11.3. The molecule has 2 saturated heterocycles. The van der Waals surface area contributed by atoms with Crippen molar-refractivity contribution in [2.45, 2.75) is 43.7 Å². The molecular weight excluding hydrogens is 414 g/mol. The molecule has 0 amide bonds. The van der Waals surface area contributed by atoms with Gasteiger partial charge in [0.25, 0.3) is 0 Å². The number of nitrogens with zero attached hydrogens (tertiary/aromatic N) is 1. The molecule has 0 aromatic heterocycles. The highest BCUT2D eigenvalue weighted by atomic mass is 35.5. The molecule has 2 heterocycles. The molecule has 0 bridgehead atoms. The van der Waals surface area contributed by atoms with Gasteiger partial charge >= 0.3 is 0 Å². The normalized spacial score (nSPS) is 27.8. The second-order valence-corrected chi connectivity index (χ2v) is 9.17. The maximum absolute atomic E-state index is 13.8. The van der Waals surface area contributed by atoms with Crippen LogP contribution in [0.4, 0.5) is 0 Å². The summed E-state index contributed by atoms with van der Waals surface area (Å²) >= 11 is 6.04. The Morgan fingerprint density at radius 2 is 1.71 bits per heavy atom. The van der Waals surface area contributed by atoms with Crippen molar-refractivity contribution in [2.24, 2.45) is 5.92 Å². The van der Waals surface area contributed by atoms with Crippen LogP contribution in [-0.2, 0) is 25.6 Å². The number of halogens is 1. The van der Waals surface area contributed by atoms with E-state index in [2.05, 4.69) is 6.92 Å². The maximum atomic E-state index is 13.8. The largest absolute Gasteiger partial charge is 0.381 e. The van der Waals surface area contributed by atoms with Crippen LogP contribution in [0, 0.1) is 5.92 Å². The first-order chi connectivity index (χ1) is 15.0. The zero-order valence-electron chi connectivity index (χ0n) is 17.8. The third-order valence-corrected chi connectivity index (χ3v) is 7.56. The van der Waals surface area contributed by atoms with Crippen molar-refractivity contribution in [3.63, 3.8) is 0 Å². The molecule has 0 N–H and O–H groups in total. The number of hydrogen-bond acceptors (Lipinski definition) is 5. The number of carbonyl (C=O) groups is 2. The summed E-state index contributed by atoms with van der Waals surface area (Å²) in [5.41, 5.74) is 3.36. The molecule has 1 spiro atoms. The molecule has 3 atom stereocenters. The van der Waals surface area contributed by atoms with Gasteiger partial charge in [-0.15, -0.1) is 0 Å². The Morgan fingerprint density at radius 1 is 1.03 bits per heavy atom. The summed E-state index contributed by atoms with van der Waals surface area (Å²) in [5.74, 6) is -1.34. The first kappa shape index (κ1) is 20.8. The number of rotatable bonds is 3. The highest BCUT2D eigenvalue weighted by Crippen LogP contribution is 2.51. The summed E-state index contributed by atoms with van der Waals surface area (Å²) < 4.78 is 5.55. The van der Waals surface area contributed by atoms with E-state index in [1.807, 2.05) is 49.5 Å². The number of carbonyl (C=O) groups excluding carboxylic acids is 2. The predicted molar refractivity (Wildman–Crippen MR) is 118 cm³/mol. The number of hydrogen-bond donors (Lipinski definition) is 0. The van der Waals surface area contributed by atoms with E-state index in [4.69, 9.17) is 21.2 Å². The molecule has 2 aromatic rings. The van der Waals surface area contributed by atoms with Crippen molar-refractivity contribution in [1.29, 1.82) is 0 Å². The molecule has 3 aliphatic rings. The second kappa shape index (κ2) is 7.82. The number of Topliss-reactive ketones (excluding diaryl/α,β-unsaturated/α-hetero) is 2. The van der Waals surface area contributed by atoms with E-state index >= 15 is 0 Å². The van der Waals surface area contributed by atoms with Crippen LogP contribution in [-0.4, -0.2) is 48.5 Å². The lowest BCUT2D eigenvalue weighted by Crippen LogP contribution is -2.52. The molecule has 5 nitrogen and oxygen atoms in total. The molecule has 1 saturated carbocycles. The molecule has 1 aliphatic carbocycles. The van der Waals surface area contributed by atoms with E-state index in [1.165, 1.54) is 0 Å². The minimum atomic E-state index is -0.773. The van der Waals surface area contributed by atoms with Crippen LogP contribution in [0.5, 0.6) is 0 Å². The van der Waals surface area contributed by atoms with Gasteiger partial charge in [0.2, 0.25) is 0 Å². The third-order valence-electron chi connectivity index (χ3n) is 7.31.